The number of ether oxygens (including phenoxy) is 2. The van der Waals surface area contributed by atoms with Gasteiger partial charge in [-0.05, 0) is 60.1 Å². The average Bonchev–Trinajstić information content (AvgIpc) is 2.73. The molecule has 150 valence electrons. The normalized spacial score (nSPS) is 24.2. The van der Waals surface area contributed by atoms with Crippen LogP contribution in [0.3, 0.4) is 0 Å². The minimum absolute atomic E-state index is 0.0167. The first-order chi connectivity index (χ1) is 13.7. The van der Waals surface area contributed by atoms with E-state index in [0.717, 1.165) is 50.3 Å². The van der Waals surface area contributed by atoms with E-state index in [1.807, 2.05) is 0 Å². The lowest BCUT2D eigenvalue weighted by molar-refractivity contribution is -0.0983. The Morgan fingerprint density at radius 3 is 2.79 bits per heavy atom. The molecule has 0 aromatic heterocycles. The van der Waals surface area contributed by atoms with Crippen LogP contribution < -0.4 is 10.1 Å². The van der Waals surface area contributed by atoms with Gasteiger partial charge in [-0.2, -0.15) is 0 Å². The van der Waals surface area contributed by atoms with Crippen molar-refractivity contribution in [2.45, 2.75) is 64.3 Å². The van der Waals surface area contributed by atoms with Gasteiger partial charge in [0.25, 0.3) is 0 Å². The summed E-state index contributed by atoms with van der Waals surface area (Å²) in [5.74, 6) is 0.940. The Kier molecular flexibility index (Phi) is 5.88. The number of hydrogen-bond donors (Lipinski definition) is 2. The van der Waals surface area contributed by atoms with Crippen LogP contribution in [0.2, 0.25) is 0 Å². The molecule has 0 bridgehead atoms. The first kappa shape index (κ1) is 19.3. The lowest BCUT2D eigenvalue weighted by Crippen LogP contribution is -2.30. The smallest absolute Gasteiger partial charge is 0.142 e. The molecule has 3 atom stereocenters. The van der Waals surface area contributed by atoms with E-state index in [2.05, 4.69) is 55.6 Å². The lowest BCUT2D eigenvalue weighted by atomic mass is 9.90. The molecule has 2 heterocycles. The van der Waals surface area contributed by atoms with E-state index in [1.165, 1.54) is 22.3 Å². The van der Waals surface area contributed by atoms with Gasteiger partial charge in [-0.1, -0.05) is 38.1 Å². The van der Waals surface area contributed by atoms with E-state index < -0.39 is 0 Å². The van der Waals surface area contributed by atoms with E-state index in [0.29, 0.717) is 6.42 Å². The van der Waals surface area contributed by atoms with Crippen LogP contribution in [0.25, 0.3) is 0 Å². The second-order valence-electron chi connectivity index (χ2n) is 7.94. The van der Waals surface area contributed by atoms with Gasteiger partial charge in [-0.25, -0.2) is 0 Å². The molecule has 2 aromatic rings. The topological polar surface area (TPSA) is 50.7 Å². The fourth-order valence-corrected chi connectivity index (χ4v) is 4.34. The maximum absolute atomic E-state index is 10.3. The summed E-state index contributed by atoms with van der Waals surface area (Å²) in [6.45, 7) is 5.90. The zero-order chi connectivity index (χ0) is 19.5. The predicted molar refractivity (Wildman–Crippen MR) is 112 cm³/mol. The minimum Gasteiger partial charge on any atom is -0.490 e. The monoisotopic (exact) mass is 381 g/mol. The van der Waals surface area contributed by atoms with Crippen molar-refractivity contribution >= 4 is 5.69 Å². The maximum Gasteiger partial charge on any atom is 0.142 e. The average molecular weight is 382 g/mol. The summed E-state index contributed by atoms with van der Waals surface area (Å²) in [6, 6.07) is 13.1. The zero-order valence-corrected chi connectivity index (χ0v) is 16.9. The van der Waals surface area contributed by atoms with Crippen molar-refractivity contribution in [3.8, 4) is 5.75 Å². The first-order valence-corrected chi connectivity index (χ1v) is 10.6. The van der Waals surface area contributed by atoms with E-state index >= 15 is 0 Å². The van der Waals surface area contributed by atoms with E-state index in [1.54, 1.807) is 0 Å². The van der Waals surface area contributed by atoms with Crippen molar-refractivity contribution < 1.29 is 14.6 Å². The second kappa shape index (κ2) is 8.54. The number of aliphatic hydroxyl groups excluding tert-OH is 1. The fourth-order valence-electron chi connectivity index (χ4n) is 4.34. The molecule has 0 radical (unpaired) electrons. The summed E-state index contributed by atoms with van der Waals surface area (Å²) < 4.78 is 12.0. The third-order valence-electron chi connectivity index (χ3n) is 5.93. The number of fused-ring (bicyclic) bond motifs is 1. The molecule has 0 aliphatic carbocycles. The summed E-state index contributed by atoms with van der Waals surface area (Å²) in [6.07, 6.45) is 4.12. The highest BCUT2D eigenvalue weighted by Crippen LogP contribution is 2.34. The molecule has 0 saturated carbocycles. The van der Waals surface area contributed by atoms with Gasteiger partial charge in [0.05, 0.1) is 24.0 Å². The Bertz CT molecular complexity index is 819. The Balaban J connectivity index is 1.59. The van der Waals surface area contributed by atoms with Crippen LogP contribution in [0.1, 0.15) is 61.5 Å². The van der Waals surface area contributed by atoms with Crippen molar-refractivity contribution in [2.24, 2.45) is 0 Å². The van der Waals surface area contributed by atoms with Crippen LogP contribution in [0, 0.1) is 0 Å². The van der Waals surface area contributed by atoms with Crippen molar-refractivity contribution in [3.05, 3.63) is 58.7 Å². The van der Waals surface area contributed by atoms with Crippen LogP contribution in [-0.2, 0) is 17.6 Å². The number of anilines is 1. The summed E-state index contributed by atoms with van der Waals surface area (Å²) in [5, 5.41) is 13.7. The number of benzene rings is 2. The van der Waals surface area contributed by atoms with Crippen molar-refractivity contribution in [2.75, 3.05) is 18.5 Å². The van der Waals surface area contributed by atoms with Crippen molar-refractivity contribution in [3.63, 3.8) is 0 Å². The zero-order valence-electron chi connectivity index (χ0n) is 16.9. The Morgan fingerprint density at radius 2 is 1.96 bits per heavy atom. The summed E-state index contributed by atoms with van der Waals surface area (Å²) in [4.78, 5) is 0. The third kappa shape index (κ3) is 4.18. The van der Waals surface area contributed by atoms with Gasteiger partial charge in [0.15, 0.2) is 0 Å². The number of aliphatic hydroxyl groups is 1. The molecule has 4 heteroatoms. The van der Waals surface area contributed by atoms with Gasteiger partial charge in [0.1, 0.15) is 12.4 Å². The van der Waals surface area contributed by atoms with Gasteiger partial charge < -0.3 is 19.9 Å². The van der Waals surface area contributed by atoms with Crippen LogP contribution in [-0.4, -0.2) is 30.5 Å². The fraction of sp³-hybridized carbons (Fsp3) is 0.500. The predicted octanol–water partition coefficient (Wildman–Crippen LogP) is 4.64. The molecule has 2 aliphatic heterocycles. The number of aryl methyl sites for hydroxylation is 1. The van der Waals surface area contributed by atoms with Crippen LogP contribution in [0.5, 0.6) is 5.75 Å². The second-order valence-corrected chi connectivity index (χ2v) is 7.94. The summed E-state index contributed by atoms with van der Waals surface area (Å²) in [5.41, 5.74) is 6.26. The van der Waals surface area contributed by atoms with E-state index in [-0.39, 0.29) is 18.3 Å². The van der Waals surface area contributed by atoms with Gasteiger partial charge >= 0.3 is 0 Å². The molecule has 2 aliphatic rings. The molecule has 0 amide bonds. The first-order valence-electron chi connectivity index (χ1n) is 10.6. The van der Waals surface area contributed by atoms with Gasteiger partial charge in [-0.15, -0.1) is 0 Å². The van der Waals surface area contributed by atoms with Gasteiger partial charge in [0, 0.05) is 13.0 Å². The standard InChI is InChI=1S/C24H31NO3/c1-3-17-6-7-18(24-15-20(26)14-21(4-2)28-24)13-19(17)11-16-5-8-23-22(12-16)25-9-10-27-23/h5-8,12-13,20-21,24-26H,3-4,9-11,14-15H2,1-2H3. The molecule has 3 unspecified atom stereocenters. The Labute approximate surface area is 167 Å². The van der Waals surface area contributed by atoms with Crippen LogP contribution in [0.15, 0.2) is 36.4 Å². The summed E-state index contributed by atoms with van der Waals surface area (Å²) >= 11 is 0. The Hall–Kier alpha value is -2.04. The minimum atomic E-state index is -0.273. The van der Waals surface area contributed by atoms with Crippen LogP contribution in [0.4, 0.5) is 5.69 Å². The molecular formula is C24H31NO3. The van der Waals surface area contributed by atoms with Crippen LogP contribution >= 0.6 is 0 Å². The quantitative estimate of drug-likeness (QED) is 0.792. The van der Waals surface area contributed by atoms with Crippen molar-refractivity contribution in [1.29, 1.82) is 0 Å². The van der Waals surface area contributed by atoms with E-state index in [4.69, 9.17) is 9.47 Å². The molecule has 4 rings (SSSR count). The molecule has 2 N–H and O–H groups in total. The Morgan fingerprint density at radius 1 is 1.07 bits per heavy atom. The van der Waals surface area contributed by atoms with E-state index in [9.17, 15) is 5.11 Å². The van der Waals surface area contributed by atoms with Crippen molar-refractivity contribution in [1.82, 2.24) is 0 Å². The number of hydrogen-bond acceptors (Lipinski definition) is 4. The molecule has 0 spiro atoms. The highest BCUT2D eigenvalue weighted by molar-refractivity contribution is 5.59. The molecule has 1 saturated heterocycles. The molecule has 28 heavy (non-hydrogen) atoms. The molecule has 4 nitrogen and oxygen atoms in total. The lowest BCUT2D eigenvalue weighted by Gasteiger charge is -2.33. The maximum atomic E-state index is 10.3. The highest BCUT2D eigenvalue weighted by Gasteiger charge is 2.28. The number of rotatable bonds is 5. The summed E-state index contributed by atoms with van der Waals surface area (Å²) in [7, 11) is 0. The third-order valence-corrected chi connectivity index (χ3v) is 5.93. The number of nitrogens with one attached hydrogen (secondary N) is 1. The highest BCUT2D eigenvalue weighted by atomic mass is 16.5. The largest absolute Gasteiger partial charge is 0.490 e. The molecular weight excluding hydrogens is 350 g/mol. The molecule has 2 aromatic carbocycles. The van der Waals surface area contributed by atoms with Gasteiger partial charge in [0.2, 0.25) is 0 Å². The van der Waals surface area contributed by atoms with Gasteiger partial charge in [-0.3, -0.25) is 0 Å². The molecule has 1 fully saturated rings. The SMILES string of the molecule is CCc1ccc(C2CC(O)CC(CC)O2)cc1Cc1ccc2c(c1)NCCO2.